The zero-order chi connectivity index (χ0) is 11.7. The van der Waals surface area contributed by atoms with Gasteiger partial charge in [0.1, 0.15) is 18.0 Å². The molecule has 3 rings (SSSR count). The lowest BCUT2D eigenvalue weighted by Gasteiger charge is -2.19. The normalized spacial score (nSPS) is 30.5. The van der Waals surface area contributed by atoms with Crippen LogP contribution < -0.4 is 10.6 Å². The van der Waals surface area contributed by atoms with E-state index in [2.05, 4.69) is 20.6 Å². The minimum atomic E-state index is 0.470. The summed E-state index contributed by atoms with van der Waals surface area (Å²) in [5.41, 5.74) is 0. The fraction of sp³-hybridized carbons (Fsp3) is 0.667. The summed E-state index contributed by atoms with van der Waals surface area (Å²) in [4.78, 5) is 8.30. The van der Waals surface area contributed by atoms with Crippen molar-refractivity contribution in [3.05, 3.63) is 12.4 Å². The number of ether oxygens (including phenoxy) is 1. The lowest BCUT2D eigenvalue weighted by Crippen LogP contribution is -2.24. The maximum Gasteiger partial charge on any atom is 0.131 e. The van der Waals surface area contributed by atoms with E-state index in [4.69, 9.17) is 4.74 Å². The predicted octanol–water partition coefficient (Wildman–Crippen LogP) is 1.50. The molecule has 2 N–H and O–H groups in total. The first-order valence-corrected chi connectivity index (χ1v) is 6.24. The van der Waals surface area contributed by atoms with E-state index < -0.39 is 0 Å². The molecule has 5 heteroatoms. The summed E-state index contributed by atoms with van der Waals surface area (Å²) in [6.07, 6.45) is 6.23. The van der Waals surface area contributed by atoms with Gasteiger partial charge in [0.05, 0.1) is 12.2 Å². The van der Waals surface area contributed by atoms with Crippen molar-refractivity contribution in [2.75, 3.05) is 24.2 Å². The number of anilines is 2. The zero-order valence-corrected chi connectivity index (χ0v) is 10.0. The minimum absolute atomic E-state index is 0.470. The van der Waals surface area contributed by atoms with Crippen LogP contribution >= 0.6 is 0 Å². The van der Waals surface area contributed by atoms with Gasteiger partial charge in [-0.25, -0.2) is 9.97 Å². The van der Waals surface area contributed by atoms with Crippen LogP contribution in [0, 0.1) is 5.92 Å². The van der Waals surface area contributed by atoms with Gasteiger partial charge in [-0.05, 0) is 19.3 Å². The molecule has 2 aliphatic heterocycles. The van der Waals surface area contributed by atoms with Crippen LogP contribution in [0.5, 0.6) is 0 Å². The Bertz CT molecular complexity index is 398. The number of nitrogens with one attached hydrogen (secondary N) is 2. The van der Waals surface area contributed by atoms with E-state index in [0.717, 1.165) is 18.2 Å². The molecule has 1 aromatic heterocycles. The maximum atomic E-state index is 5.83. The molecule has 3 atom stereocenters. The van der Waals surface area contributed by atoms with Gasteiger partial charge in [0.25, 0.3) is 0 Å². The highest BCUT2D eigenvalue weighted by Crippen LogP contribution is 2.38. The third-order valence-corrected chi connectivity index (χ3v) is 3.70. The molecule has 0 saturated carbocycles. The van der Waals surface area contributed by atoms with Crippen molar-refractivity contribution in [2.45, 2.75) is 31.5 Å². The maximum absolute atomic E-state index is 5.83. The Morgan fingerprint density at radius 2 is 2.24 bits per heavy atom. The fourth-order valence-electron chi connectivity index (χ4n) is 2.78. The van der Waals surface area contributed by atoms with Crippen molar-refractivity contribution >= 4 is 11.6 Å². The second kappa shape index (κ2) is 4.49. The SMILES string of the molecule is CNc1cc(NCC2CC3CCC2O3)ncn1. The highest BCUT2D eigenvalue weighted by Gasteiger charge is 2.40. The van der Waals surface area contributed by atoms with Gasteiger partial charge in [0.15, 0.2) is 0 Å². The molecule has 3 heterocycles. The molecule has 0 radical (unpaired) electrons. The molecule has 92 valence electrons. The molecule has 1 aromatic rings. The van der Waals surface area contributed by atoms with Gasteiger partial charge in [-0.1, -0.05) is 0 Å². The molecule has 3 unspecified atom stereocenters. The summed E-state index contributed by atoms with van der Waals surface area (Å²) in [5.74, 6) is 2.36. The van der Waals surface area contributed by atoms with Crippen molar-refractivity contribution in [1.82, 2.24) is 9.97 Å². The number of rotatable bonds is 4. The summed E-state index contributed by atoms with van der Waals surface area (Å²) < 4.78 is 5.83. The van der Waals surface area contributed by atoms with E-state index in [1.54, 1.807) is 6.33 Å². The number of aromatic nitrogens is 2. The van der Waals surface area contributed by atoms with Crippen LogP contribution in [-0.4, -0.2) is 35.8 Å². The third-order valence-electron chi connectivity index (χ3n) is 3.70. The van der Waals surface area contributed by atoms with Gasteiger partial charge in [-0.15, -0.1) is 0 Å². The Morgan fingerprint density at radius 1 is 1.35 bits per heavy atom. The van der Waals surface area contributed by atoms with Crippen molar-refractivity contribution in [3.8, 4) is 0 Å². The number of hydrogen-bond acceptors (Lipinski definition) is 5. The van der Waals surface area contributed by atoms with Crippen LogP contribution in [0.4, 0.5) is 11.6 Å². The molecule has 0 spiro atoms. The Labute approximate surface area is 101 Å². The number of fused-ring (bicyclic) bond motifs is 2. The lowest BCUT2D eigenvalue weighted by molar-refractivity contribution is 0.0941. The second-order valence-corrected chi connectivity index (χ2v) is 4.79. The van der Waals surface area contributed by atoms with Gasteiger partial charge in [-0.2, -0.15) is 0 Å². The number of nitrogens with zero attached hydrogens (tertiary/aromatic N) is 2. The molecule has 0 aliphatic carbocycles. The molecule has 2 saturated heterocycles. The molecule has 0 aromatic carbocycles. The van der Waals surface area contributed by atoms with E-state index in [1.165, 1.54) is 19.3 Å². The Morgan fingerprint density at radius 3 is 2.94 bits per heavy atom. The van der Waals surface area contributed by atoms with Gasteiger partial charge < -0.3 is 15.4 Å². The second-order valence-electron chi connectivity index (χ2n) is 4.79. The average molecular weight is 234 g/mol. The van der Waals surface area contributed by atoms with Crippen LogP contribution in [0.1, 0.15) is 19.3 Å². The number of hydrogen-bond donors (Lipinski definition) is 2. The van der Waals surface area contributed by atoms with Gasteiger partial charge in [0.2, 0.25) is 0 Å². The third kappa shape index (κ3) is 2.20. The summed E-state index contributed by atoms with van der Waals surface area (Å²) in [7, 11) is 1.86. The largest absolute Gasteiger partial charge is 0.375 e. The Kier molecular flexibility index (Phi) is 2.84. The average Bonchev–Trinajstić information content (AvgIpc) is 2.99. The Balaban J connectivity index is 1.56. The van der Waals surface area contributed by atoms with E-state index >= 15 is 0 Å². The quantitative estimate of drug-likeness (QED) is 0.826. The molecular weight excluding hydrogens is 216 g/mol. The van der Waals surface area contributed by atoms with Crippen molar-refractivity contribution in [1.29, 1.82) is 0 Å². The smallest absolute Gasteiger partial charge is 0.131 e. The topological polar surface area (TPSA) is 59.1 Å². The standard InChI is InChI=1S/C12H18N4O/c1-13-11-5-12(16-7-15-11)14-6-8-4-9-2-3-10(8)17-9/h5,7-10H,2-4,6H2,1H3,(H2,13,14,15,16). The highest BCUT2D eigenvalue weighted by molar-refractivity contribution is 5.45. The van der Waals surface area contributed by atoms with Crippen LogP contribution in [0.3, 0.4) is 0 Å². The predicted molar refractivity (Wildman–Crippen MR) is 66.1 cm³/mol. The van der Waals surface area contributed by atoms with E-state index in [0.29, 0.717) is 18.1 Å². The zero-order valence-electron chi connectivity index (χ0n) is 10.0. The molecule has 2 bridgehead atoms. The van der Waals surface area contributed by atoms with Crippen molar-refractivity contribution in [3.63, 3.8) is 0 Å². The molecule has 0 amide bonds. The first-order valence-electron chi connectivity index (χ1n) is 6.24. The van der Waals surface area contributed by atoms with Crippen molar-refractivity contribution in [2.24, 2.45) is 5.92 Å². The first-order chi connectivity index (χ1) is 8.35. The van der Waals surface area contributed by atoms with Crippen LogP contribution in [-0.2, 0) is 4.74 Å². The Hall–Kier alpha value is -1.36. The van der Waals surface area contributed by atoms with Crippen molar-refractivity contribution < 1.29 is 4.74 Å². The molecular formula is C12H18N4O. The lowest BCUT2D eigenvalue weighted by atomic mass is 9.89. The van der Waals surface area contributed by atoms with Gasteiger partial charge in [0, 0.05) is 25.6 Å². The van der Waals surface area contributed by atoms with E-state index in [-0.39, 0.29) is 0 Å². The van der Waals surface area contributed by atoms with Crippen LogP contribution in [0.25, 0.3) is 0 Å². The first kappa shape index (κ1) is 10.8. The molecule has 2 aliphatic rings. The molecule has 5 nitrogen and oxygen atoms in total. The van der Waals surface area contributed by atoms with E-state index in [9.17, 15) is 0 Å². The highest BCUT2D eigenvalue weighted by atomic mass is 16.5. The van der Waals surface area contributed by atoms with Crippen LogP contribution in [0.2, 0.25) is 0 Å². The monoisotopic (exact) mass is 234 g/mol. The summed E-state index contributed by atoms with van der Waals surface area (Å²) >= 11 is 0. The summed E-state index contributed by atoms with van der Waals surface area (Å²) in [6, 6.07) is 1.92. The van der Waals surface area contributed by atoms with E-state index in [1.807, 2.05) is 13.1 Å². The minimum Gasteiger partial charge on any atom is -0.375 e. The van der Waals surface area contributed by atoms with Gasteiger partial charge >= 0.3 is 0 Å². The summed E-state index contributed by atoms with van der Waals surface area (Å²) in [6.45, 7) is 0.946. The van der Waals surface area contributed by atoms with Crippen LogP contribution in [0.15, 0.2) is 12.4 Å². The molecule has 2 fully saturated rings. The summed E-state index contributed by atoms with van der Waals surface area (Å²) in [5, 5.41) is 6.38. The fourth-order valence-corrected chi connectivity index (χ4v) is 2.78. The van der Waals surface area contributed by atoms with Gasteiger partial charge in [-0.3, -0.25) is 0 Å². The molecule has 17 heavy (non-hydrogen) atoms.